The van der Waals surface area contributed by atoms with Crippen LogP contribution in [-0.2, 0) is 17.9 Å². The highest BCUT2D eigenvalue weighted by Gasteiger charge is 2.19. The summed E-state index contributed by atoms with van der Waals surface area (Å²) in [7, 11) is 0. The van der Waals surface area contributed by atoms with E-state index < -0.39 is 4.92 Å². The van der Waals surface area contributed by atoms with Gasteiger partial charge in [0.15, 0.2) is 0 Å². The minimum atomic E-state index is -0.540. The number of amides is 1. The summed E-state index contributed by atoms with van der Waals surface area (Å²) in [6, 6.07) is 6.23. The Hall–Kier alpha value is -3.56. The summed E-state index contributed by atoms with van der Waals surface area (Å²) in [6.45, 7) is 5.30. The predicted molar refractivity (Wildman–Crippen MR) is 99.5 cm³/mol. The van der Waals surface area contributed by atoms with Crippen molar-refractivity contribution in [2.45, 2.75) is 33.9 Å². The monoisotopic (exact) mass is 386 g/mol. The minimum Gasteiger partial charge on any atom is -0.321 e. The van der Waals surface area contributed by atoms with Gasteiger partial charge in [0, 0.05) is 0 Å². The van der Waals surface area contributed by atoms with Crippen LogP contribution in [0.1, 0.15) is 22.6 Å². The summed E-state index contributed by atoms with van der Waals surface area (Å²) < 4.78 is 16.3. The lowest BCUT2D eigenvalue weighted by atomic mass is 10.2. The van der Waals surface area contributed by atoms with Crippen molar-refractivity contribution in [3.8, 4) is 0 Å². The quantitative estimate of drug-likeness (QED) is 0.518. The molecule has 1 amide bonds. The number of carbonyl (C=O) groups excluding carboxylic acids is 1. The van der Waals surface area contributed by atoms with Crippen LogP contribution in [0.3, 0.4) is 0 Å². The third-order valence-electron chi connectivity index (χ3n) is 4.43. The second kappa shape index (κ2) is 7.59. The van der Waals surface area contributed by atoms with Gasteiger partial charge < -0.3 is 5.32 Å². The van der Waals surface area contributed by atoms with Gasteiger partial charge in [-0.15, -0.1) is 0 Å². The lowest BCUT2D eigenvalue weighted by molar-refractivity contribution is -0.385. The molecule has 10 heteroatoms. The molecule has 0 unspecified atom stereocenters. The number of nitro groups is 1. The number of rotatable bonds is 6. The van der Waals surface area contributed by atoms with Crippen molar-refractivity contribution in [2.24, 2.45) is 0 Å². The van der Waals surface area contributed by atoms with Gasteiger partial charge in [0.1, 0.15) is 24.3 Å². The van der Waals surface area contributed by atoms with Gasteiger partial charge in [0.05, 0.1) is 28.5 Å². The van der Waals surface area contributed by atoms with Crippen LogP contribution in [0.4, 0.5) is 15.8 Å². The molecule has 0 aliphatic heterocycles. The molecule has 0 radical (unpaired) electrons. The number of anilines is 1. The Morgan fingerprint density at radius 3 is 2.64 bits per heavy atom. The molecule has 2 aromatic heterocycles. The maximum absolute atomic E-state index is 13.4. The second-order valence-corrected chi connectivity index (χ2v) is 6.41. The molecular weight excluding hydrogens is 367 g/mol. The van der Waals surface area contributed by atoms with E-state index in [1.807, 2.05) is 0 Å². The molecule has 1 aromatic carbocycles. The molecular formula is C18H19FN6O3. The third kappa shape index (κ3) is 3.90. The number of aromatic nitrogens is 4. The fraction of sp³-hybridized carbons (Fsp3) is 0.278. The zero-order valence-corrected chi connectivity index (χ0v) is 15.6. The fourth-order valence-corrected chi connectivity index (χ4v) is 2.93. The average molecular weight is 386 g/mol. The van der Waals surface area contributed by atoms with Crippen molar-refractivity contribution < 1.29 is 14.1 Å². The van der Waals surface area contributed by atoms with Crippen LogP contribution in [0.5, 0.6) is 0 Å². The number of hydrogen-bond donors (Lipinski definition) is 1. The molecule has 0 saturated heterocycles. The number of nitrogens with one attached hydrogen (secondary N) is 1. The number of hydrogen-bond acceptors (Lipinski definition) is 5. The number of aryl methyl sites for hydroxylation is 1. The van der Waals surface area contributed by atoms with Crippen LogP contribution >= 0.6 is 0 Å². The van der Waals surface area contributed by atoms with Crippen molar-refractivity contribution in [2.75, 3.05) is 5.32 Å². The van der Waals surface area contributed by atoms with Crippen molar-refractivity contribution in [3.05, 3.63) is 69.0 Å². The molecule has 0 aliphatic carbocycles. The number of nitrogens with zero attached hydrogens (tertiary/aromatic N) is 5. The van der Waals surface area contributed by atoms with E-state index in [1.54, 1.807) is 30.7 Å². The lowest BCUT2D eigenvalue weighted by Crippen LogP contribution is -2.21. The first-order valence-corrected chi connectivity index (χ1v) is 8.51. The molecule has 9 nitrogen and oxygen atoms in total. The molecule has 2 heterocycles. The molecule has 146 valence electrons. The summed E-state index contributed by atoms with van der Waals surface area (Å²) in [6.07, 6.45) is 1.12. The smallest absolute Gasteiger partial charge is 0.309 e. The van der Waals surface area contributed by atoms with Gasteiger partial charge in [-0.1, -0.05) is 12.1 Å². The van der Waals surface area contributed by atoms with Crippen LogP contribution in [-0.4, -0.2) is 30.4 Å². The maximum atomic E-state index is 13.4. The van der Waals surface area contributed by atoms with Gasteiger partial charge in [-0.05, 0) is 38.5 Å². The van der Waals surface area contributed by atoms with Crippen LogP contribution < -0.4 is 5.32 Å². The van der Waals surface area contributed by atoms with Gasteiger partial charge in [-0.25, -0.2) is 4.39 Å². The van der Waals surface area contributed by atoms with E-state index in [0.29, 0.717) is 23.6 Å². The Morgan fingerprint density at radius 2 is 2.00 bits per heavy atom. The first-order valence-electron chi connectivity index (χ1n) is 8.51. The summed E-state index contributed by atoms with van der Waals surface area (Å²) >= 11 is 0. The van der Waals surface area contributed by atoms with Crippen molar-refractivity contribution in [1.29, 1.82) is 0 Å². The van der Waals surface area contributed by atoms with Crippen molar-refractivity contribution in [1.82, 2.24) is 19.6 Å². The molecule has 28 heavy (non-hydrogen) atoms. The molecule has 0 spiro atoms. The Bertz CT molecular complexity index is 1060. The zero-order valence-electron chi connectivity index (χ0n) is 15.6. The highest BCUT2D eigenvalue weighted by molar-refractivity contribution is 5.91. The third-order valence-corrected chi connectivity index (χ3v) is 4.43. The molecule has 0 aliphatic rings. The van der Waals surface area contributed by atoms with Gasteiger partial charge >= 0.3 is 5.69 Å². The lowest BCUT2D eigenvalue weighted by Gasteiger charge is -2.08. The van der Waals surface area contributed by atoms with Crippen LogP contribution in [0, 0.1) is 36.7 Å². The van der Waals surface area contributed by atoms with Gasteiger partial charge in [-0.3, -0.25) is 24.3 Å². The molecule has 3 aromatic rings. The van der Waals surface area contributed by atoms with Crippen LogP contribution in [0.15, 0.2) is 30.5 Å². The van der Waals surface area contributed by atoms with E-state index in [2.05, 4.69) is 15.5 Å². The number of halogens is 1. The highest BCUT2D eigenvalue weighted by atomic mass is 19.1. The fourth-order valence-electron chi connectivity index (χ4n) is 2.93. The Kier molecular flexibility index (Phi) is 5.21. The van der Waals surface area contributed by atoms with E-state index in [0.717, 1.165) is 17.5 Å². The van der Waals surface area contributed by atoms with Crippen molar-refractivity contribution in [3.63, 3.8) is 0 Å². The summed E-state index contributed by atoms with van der Waals surface area (Å²) in [5.41, 5.74) is 2.81. The first-order chi connectivity index (χ1) is 13.3. The molecule has 1 N–H and O–H groups in total. The highest BCUT2D eigenvalue weighted by Crippen LogP contribution is 2.21. The van der Waals surface area contributed by atoms with E-state index in [9.17, 15) is 19.3 Å². The second-order valence-electron chi connectivity index (χ2n) is 6.41. The Labute approximate surface area is 159 Å². The van der Waals surface area contributed by atoms with E-state index in [1.165, 1.54) is 23.7 Å². The van der Waals surface area contributed by atoms with E-state index >= 15 is 0 Å². The van der Waals surface area contributed by atoms with Gasteiger partial charge in [0.2, 0.25) is 5.91 Å². The summed E-state index contributed by atoms with van der Waals surface area (Å²) in [5, 5.41) is 22.0. The maximum Gasteiger partial charge on any atom is 0.309 e. The Morgan fingerprint density at radius 1 is 1.25 bits per heavy atom. The SMILES string of the molecule is Cc1nn(Cc2cccc(F)c2)c(C)c1NC(=O)Cn1ncc([N+](=O)[O-])c1C. The summed E-state index contributed by atoms with van der Waals surface area (Å²) in [4.78, 5) is 22.8. The average Bonchev–Trinajstić information content (AvgIpc) is 3.10. The molecule has 0 atom stereocenters. The predicted octanol–water partition coefficient (Wildman–Crippen LogP) is 2.74. The number of carbonyl (C=O) groups is 1. The minimum absolute atomic E-state index is 0.136. The normalized spacial score (nSPS) is 10.9. The van der Waals surface area contributed by atoms with E-state index in [4.69, 9.17) is 0 Å². The first kappa shape index (κ1) is 19.2. The topological polar surface area (TPSA) is 108 Å². The standard InChI is InChI=1S/C18H19FN6O3/c1-11-18(13(3)24(22-11)9-14-5-4-6-15(19)7-14)21-17(26)10-23-12(2)16(8-20-23)25(27)28/h4-8H,9-10H2,1-3H3,(H,21,26). The molecule has 0 bridgehead atoms. The van der Waals surface area contributed by atoms with Crippen molar-refractivity contribution >= 4 is 17.3 Å². The Balaban J connectivity index is 1.74. The van der Waals surface area contributed by atoms with Crippen LogP contribution in [0.25, 0.3) is 0 Å². The van der Waals surface area contributed by atoms with Crippen LogP contribution in [0.2, 0.25) is 0 Å². The summed E-state index contributed by atoms with van der Waals surface area (Å²) in [5.74, 6) is -0.700. The molecule has 0 saturated carbocycles. The number of benzene rings is 1. The molecule has 0 fully saturated rings. The molecule has 3 rings (SSSR count). The van der Waals surface area contributed by atoms with Gasteiger partial charge in [0.25, 0.3) is 0 Å². The zero-order chi connectivity index (χ0) is 20.4. The largest absolute Gasteiger partial charge is 0.321 e. The van der Waals surface area contributed by atoms with E-state index in [-0.39, 0.29) is 24.0 Å². The van der Waals surface area contributed by atoms with Gasteiger partial charge in [-0.2, -0.15) is 10.2 Å².